The van der Waals surface area contributed by atoms with E-state index in [4.69, 9.17) is 9.47 Å². The Kier molecular flexibility index (Phi) is 9.38. The van der Waals surface area contributed by atoms with Crippen LogP contribution in [0.3, 0.4) is 0 Å². The SMILES string of the molecule is O=C(/C=C/c1ccc(O)c(CC2=NCN=C2)c1)N1c2c(cc(O)c3c2CC[C@@]2(O3)O[C@H](CO)[C@@H](O)[C@H](O)[C@H]2O)C[C@]1(CCC1(O)CCCC1)C(=O)O. The first-order valence-corrected chi connectivity index (χ1v) is 17.5. The third kappa shape index (κ3) is 6.14. The van der Waals surface area contributed by atoms with E-state index >= 15 is 0 Å². The Bertz CT molecular complexity index is 1850. The molecule has 2 fully saturated rings. The Hall–Kier alpha value is -4.38. The highest BCUT2D eigenvalue weighted by atomic mass is 16.7. The molecule has 0 bridgehead atoms. The summed E-state index contributed by atoms with van der Waals surface area (Å²) in [7, 11) is 0. The summed E-state index contributed by atoms with van der Waals surface area (Å²) in [6.07, 6.45) is 0.504. The van der Waals surface area contributed by atoms with Crippen molar-refractivity contribution in [1.29, 1.82) is 0 Å². The molecule has 0 unspecified atom stereocenters. The van der Waals surface area contributed by atoms with Crippen LogP contribution in [-0.2, 0) is 33.6 Å². The minimum Gasteiger partial charge on any atom is -0.508 e. The quantitative estimate of drug-likeness (QED) is 0.170. The first-order chi connectivity index (χ1) is 24.8. The number of aliphatic carboxylic acids is 1. The molecule has 7 rings (SSSR count). The van der Waals surface area contributed by atoms with Crippen LogP contribution in [-0.4, -0.2) is 119 Å². The lowest BCUT2D eigenvalue weighted by Gasteiger charge is -2.50. The topological polar surface area (TPSA) is 242 Å². The highest BCUT2D eigenvalue weighted by Crippen LogP contribution is 2.55. The average molecular weight is 722 g/mol. The van der Waals surface area contributed by atoms with Crippen molar-refractivity contribution < 1.29 is 59.9 Å². The van der Waals surface area contributed by atoms with Crippen LogP contribution >= 0.6 is 0 Å². The zero-order valence-electron chi connectivity index (χ0n) is 28.4. The normalized spacial score (nSPS) is 30.4. The van der Waals surface area contributed by atoms with E-state index in [1.54, 1.807) is 18.3 Å². The summed E-state index contributed by atoms with van der Waals surface area (Å²) in [6, 6.07) is 6.10. The maximum Gasteiger partial charge on any atom is 0.330 e. The van der Waals surface area contributed by atoms with Crippen LogP contribution in [0.4, 0.5) is 5.69 Å². The summed E-state index contributed by atoms with van der Waals surface area (Å²) in [5, 5.41) is 85.7. The first-order valence-electron chi connectivity index (χ1n) is 17.5. The number of aliphatic imine (C=N–C) groups is 2. The molecule has 6 atom stereocenters. The van der Waals surface area contributed by atoms with Crippen molar-refractivity contribution >= 4 is 35.6 Å². The van der Waals surface area contributed by atoms with Gasteiger partial charge in [0, 0.05) is 42.7 Å². The fraction of sp³-hybridized carbons (Fsp3) is 0.514. The van der Waals surface area contributed by atoms with Crippen molar-refractivity contribution in [3.8, 4) is 17.2 Å². The van der Waals surface area contributed by atoms with Gasteiger partial charge in [-0.3, -0.25) is 19.7 Å². The molecule has 0 aromatic heterocycles. The third-order valence-electron chi connectivity index (χ3n) is 11.2. The summed E-state index contributed by atoms with van der Waals surface area (Å²) in [4.78, 5) is 37.4. The first kappa shape index (κ1) is 36.0. The van der Waals surface area contributed by atoms with Crippen molar-refractivity contribution in [2.24, 2.45) is 9.98 Å². The number of aromatic hydroxyl groups is 2. The molecule has 1 saturated heterocycles. The van der Waals surface area contributed by atoms with Gasteiger partial charge in [0.15, 0.2) is 11.5 Å². The van der Waals surface area contributed by atoms with Gasteiger partial charge in [0.05, 0.1) is 23.6 Å². The number of phenols is 2. The van der Waals surface area contributed by atoms with Gasteiger partial charge in [0.25, 0.3) is 5.91 Å². The molecule has 2 aromatic carbocycles. The van der Waals surface area contributed by atoms with Crippen molar-refractivity contribution in [2.75, 3.05) is 18.2 Å². The molecule has 5 aliphatic rings. The largest absolute Gasteiger partial charge is 0.508 e. The number of fused-ring (bicyclic) bond motifs is 3. The number of hydrogen-bond acceptors (Lipinski definition) is 13. The number of amides is 1. The molecule has 1 spiro atoms. The lowest BCUT2D eigenvalue weighted by molar-refractivity contribution is -0.342. The van der Waals surface area contributed by atoms with Crippen LogP contribution in [0, 0.1) is 0 Å². The zero-order valence-corrected chi connectivity index (χ0v) is 28.4. The molecule has 8 N–H and O–H groups in total. The fourth-order valence-electron chi connectivity index (χ4n) is 8.37. The standard InChI is InChI=1S/C37H43N3O12/c41-18-27-30(45)31(46)33(47)37(51-27)10-7-24-29-22(15-26(43)32(24)52-37)16-36(34(48)49,12-11-35(50)8-1-2-9-35)40(29)28(44)6-4-20-3-5-25(42)21(13-20)14-23-17-38-19-39-23/h3-6,13,15,17,27,30-31,33,41-43,45-47,50H,1-2,7-12,14,16,18-19H2,(H,48,49)/b6-4+/t27-,30-,31+,33-,36-,37+/m1/s1. The van der Waals surface area contributed by atoms with Crippen molar-refractivity contribution in [3.05, 3.63) is 52.6 Å². The molecule has 4 aliphatic heterocycles. The summed E-state index contributed by atoms with van der Waals surface area (Å²) < 4.78 is 11.9. The van der Waals surface area contributed by atoms with Crippen LogP contribution in [0.15, 0.2) is 40.3 Å². The van der Waals surface area contributed by atoms with Crippen molar-refractivity contribution in [1.82, 2.24) is 0 Å². The van der Waals surface area contributed by atoms with Crippen molar-refractivity contribution in [2.45, 2.75) is 106 Å². The smallest absolute Gasteiger partial charge is 0.330 e. The number of carbonyl (C=O) groups excluding carboxylic acids is 1. The van der Waals surface area contributed by atoms with Gasteiger partial charge in [-0.05, 0) is 67.5 Å². The monoisotopic (exact) mass is 721 g/mol. The molecule has 1 amide bonds. The number of carboxylic acid groups (broad SMARTS) is 1. The number of nitrogens with zero attached hydrogens (tertiary/aromatic N) is 3. The number of rotatable bonds is 9. The number of benzene rings is 2. The number of ether oxygens (including phenoxy) is 2. The molecule has 0 radical (unpaired) electrons. The van der Waals surface area contributed by atoms with E-state index in [0.29, 0.717) is 48.3 Å². The highest BCUT2D eigenvalue weighted by molar-refractivity contribution is 6.32. The lowest BCUT2D eigenvalue weighted by Crippen LogP contribution is -2.68. The average Bonchev–Trinajstić information content (AvgIpc) is 3.88. The predicted octanol–water partition coefficient (Wildman–Crippen LogP) is 1.13. The van der Waals surface area contributed by atoms with E-state index in [9.17, 15) is 50.4 Å². The van der Waals surface area contributed by atoms with E-state index in [-0.39, 0.29) is 54.9 Å². The van der Waals surface area contributed by atoms with Gasteiger partial charge in [-0.25, -0.2) is 4.79 Å². The molecule has 1 saturated carbocycles. The molecule has 2 aromatic rings. The molecule has 52 heavy (non-hydrogen) atoms. The van der Waals surface area contributed by atoms with E-state index < -0.39 is 65.6 Å². The lowest BCUT2D eigenvalue weighted by atomic mass is 9.83. The summed E-state index contributed by atoms with van der Waals surface area (Å²) in [5.74, 6) is -4.56. The van der Waals surface area contributed by atoms with Gasteiger partial charge in [-0.2, -0.15) is 0 Å². The van der Waals surface area contributed by atoms with Gasteiger partial charge in [0.1, 0.15) is 42.4 Å². The van der Waals surface area contributed by atoms with Crippen LogP contribution in [0.5, 0.6) is 17.2 Å². The van der Waals surface area contributed by atoms with Crippen LogP contribution in [0.1, 0.15) is 67.2 Å². The maximum absolute atomic E-state index is 14.5. The summed E-state index contributed by atoms with van der Waals surface area (Å²) in [5.41, 5.74) is -0.309. The van der Waals surface area contributed by atoms with Gasteiger partial charge in [-0.15, -0.1) is 0 Å². The fourth-order valence-corrected chi connectivity index (χ4v) is 8.37. The van der Waals surface area contributed by atoms with Gasteiger partial charge >= 0.3 is 5.97 Å². The maximum atomic E-state index is 14.5. The molecule has 15 nitrogen and oxygen atoms in total. The second-order valence-corrected chi connectivity index (χ2v) is 14.5. The Morgan fingerprint density at radius 3 is 2.48 bits per heavy atom. The number of carboxylic acids is 1. The minimum atomic E-state index is -1.99. The second kappa shape index (κ2) is 13.5. The van der Waals surface area contributed by atoms with Crippen LogP contribution in [0.25, 0.3) is 6.08 Å². The number of anilines is 1. The van der Waals surface area contributed by atoms with E-state index in [0.717, 1.165) is 12.8 Å². The van der Waals surface area contributed by atoms with Gasteiger partial charge in [0.2, 0.25) is 5.79 Å². The molecular formula is C37H43N3O12. The molecule has 278 valence electrons. The molecule has 15 heteroatoms. The number of hydrogen-bond donors (Lipinski definition) is 8. The Morgan fingerprint density at radius 1 is 1.02 bits per heavy atom. The van der Waals surface area contributed by atoms with Gasteiger partial charge in [-0.1, -0.05) is 18.9 Å². The predicted molar refractivity (Wildman–Crippen MR) is 186 cm³/mol. The van der Waals surface area contributed by atoms with Gasteiger partial charge < -0.3 is 50.3 Å². The number of phenolic OH excluding ortho intramolecular Hbond substituents is 2. The molecule has 4 heterocycles. The van der Waals surface area contributed by atoms with Crippen molar-refractivity contribution in [3.63, 3.8) is 0 Å². The zero-order chi connectivity index (χ0) is 37.0. The van der Waals surface area contributed by atoms with E-state index in [1.165, 1.54) is 29.2 Å². The highest BCUT2D eigenvalue weighted by Gasteiger charge is 2.59. The summed E-state index contributed by atoms with van der Waals surface area (Å²) >= 11 is 0. The summed E-state index contributed by atoms with van der Waals surface area (Å²) in [6.45, 7) is -0.383. The number of aliphatic hydroxyl groups is 5. The molecular weight excluding hydrogens is 678 g/mol. The third-order valence-corrected chi connectivity index (χ3v) is 11.2. The van der Waals surface area contributed by atoms with Crippen LogP contribution < -0.4 is 9.64 Å². The number of carbonyl (C=O) groups is 2. The van der Waals surface area contributed by atoms with Crippen LogP contribution in [0.2, 0.25) is 0 Å². The van der Waals surface area contributed by atoms with E-state index in [1.807, 2.05) is 0 Å². The Morgan fingerprint density at radius 2 is 1.79 bits per heavy atom. The Balaban J connectivity index is 1.28. The Labute approximate surface area is 298 Å². The number of aliphatic hydroxyl groups excluding tert-OH is 4. The second-order valence-electron chi connectivity index (χ2n) is 14.5. The van der Waals surface area contributed by atoms with E-state index in [2.05, 4.69) is 9.98 Å². The molecule has 1 aliphatic carbocycles. The minimum absolute atomic E-state index is 0.0221.